The average Bonchev–Trinajstić information content (AvgIpc) is 2.80. The molecule has 8 heteroatoms. The maximum Gasteiger partial charge on any atom is 0.225 e. The Labute approximate surface area is 195 Å². The molecule has 5 nitrogen and oxygen atoms in total. The number of aliphatic imine (C=N–C) groups is 1. The summed E-state index contributed by atoms with van der Waals surface area (Å²) in [5, 5.41) is 1.23. The minimum absolute atomic E-state index is 0.360. The quantitative estimate of drug-likeness (QED) is 0.408. The minimum atomic E-state index is -0.547. The predicted molar refractivity (Wildman–Crippen MR) is 128 cm³/mol. The Kier molecular flexibility index (Phi) is 6.32. The zero-order valence-electron chi connectivity index (χ0n) is 16.7. The number of nitrogens with zero attached hydrogens (tertiary/aromatic N) is 2. The minimum Gasteiger partial charge on any atom is -0.497 e. The maximum absolute atomic E-state index is 6.34. The third kappa shape index (κ3) is 4.46. The Hall–Kier alpha value is -2.80. The fourth-order valence-corrected chi connectivity index (χ4v) is 3.74. The number of anilines is 1. The number of hydrogen-bond acceptors (Lipinski definition) is 4. The van der Waals surface area contributed by atoms with Gasteiger partial charge < -0.3 is 14.2 Å². The number of rotatable bonds is 5. The predicted octanol–water partition coefficient (Wildman–Crippen LogP) is 6.28. The summed E-state index contributed by atoms with van der Waals surface area (Å²) in [6.07, 6.45) is -0.547. The van der Waals surface area contributed by atoms with Crippen molar-refractivity contribution in [1.29, 1.82) is 0 Å². The van der Waals surface area contributed by atoms with Crippen molar-refractivity contribution in [3.05, 3.63) is 87.9 Å². The van der Waals surface area contributed by atoms with Crippen LogP contribution in [-0.4, -0.2) is 25.2 Å². The molecule has 0 spiro atoms. The van der Waals surface area contributed by atoms with Crippen LogP contribution >= 0.6 is 35.4 Å². The van der Waals surface area contributed by atoms with Gasteiger partial charge in [0.1, 0.15) is 11.5 Å². The van der Waals surface area contributed by atoms with Crippen LogP contribution in [0, 0.1) is 0 Å². The van der Waals surface area contributed by atoms with Gasteiger partial charge in [0.05, 0.1) is 24.3 Å². The van der Waals surface area contributed by atoms with Gasteiger partial charge in [-0.15, -0.1) is 0 Å². The Morgan fingerprint density at radius 2 is 1.48 bits per heavy atom. The maximum atomic E-state index is 6.34. The highest BCUT2D eigenvalue weighted by atomic mass is 35.5. The molecule has 3 aromatic carbocycles. The summed E-state index contributed by atoms with van der Waals surface area (Å²) in [7, 11) is 3.25. The molecule has 31 heavy (non-hydrogen) atoms. The first kappa shape index (κ1) is 21.4. The molecule has 0 radical (unpaired) electrons. The first-order chi connectivity index (χ1) is 15.0. The van der Waals surface area contributed by atoms with Crippen LogP contribution < -0.4 is 14.4 Å². The SMILES string of the molecule is COc1ccc(C2OC(c3ccc(Cl)c(Cl)c3)=NC(=S)N2c2ccc(OC)cc2)cc1. The van der Waals surface area contributed by atoms with Crippen molar-refractivity contribution in [2.75, 3.05) is 19.1 Å². The lowest BCUT2D eigenvalue weighted by Crippen LogP contribution is -2.40. The van der Waals surface area contributed by atoms with E-state index in [1.807, 2.05) is 53.4 Å². The van der Waals surface area contributed by atoms with Crippen LogP contribution in [0.15, 0.2) is 71.7 Å². The third-order valence-electron chi connectivity index (χ3n) is 4.78. The van der Waals surface area contributed by atoms with Gasteiger partial charge in [-0.05, 0) is 78.9 Å². The van der Waals surface area contributed by atoms with Gasteiger partial charge >= 0.3 is 0 Å². The molecule has 0 bridgehead atoms. The van der Waals surface area contributed by atoms with Gasteiger partial charge in [0, 0.05) is 16.8 Å². The van der Waals surface area contributed by atoms with Crippen molar-refractivity contribution in [2.24, 2.45) is 4.99 Å². The van der Waals surface area contributed by atoms with Gasteiger partial charge in [0.2, 0.25) is 17.2 Å². The van der Waals surface area contributed by atoms with Crippen LogP contribution in [0.5, 0.6) is 11.5 Å². The normalized spacial score (nSPS) is 15.9. The fraction of sp³-hybridized carbons (Fsp3) is 0.130. The van der Waals surface area contributed by atoms with E-state index in [1.54, 1.807) is 32.4 Å². The molecule has 3 aromatic rings. The van der Waals surface area contributed by atoms with Crippen molar-refractivity contribution in [2.45, 2.75) is 6.23 Å². The van der Waals surface area contributed by atoms with Crippen LogP contribution in [0.3, 0.4) is 0 Å². The lowest BCUT2D eigenvalue weighted by Gasteiger charge is -2.36. The second-order valence-electron chi connectivity index (χ2n) is 6.64. The molecule has 0 aliphatic carbocycles. The molecule has 0 fully saturated rings. The van der Waals surface area contributed by atoms with Crippen LogP contribution in [0.2, 0.25) is 10.0 Å². The molecule has 1 atom stereocenters. The Morgan fingerprint density at radius 1 is 0.871 bits per heavy atom. The summed E-state index contributed by atoms with van der Waals surface area (Å²) >= 11 is 17.9. The number of halogens is 2. The molecule has 1 aliphatic heterocycles. The Balaban J connectivity index is 1.77. The van der Waals surface area contributed by atoms with Crippen molar-refractivity contribution in [3.8, 4) is 11.5 Å². The zero-order valence-corrected chi connectivity index (χ0v) is 19.0. The number of hydrogen-bond donors (Lipinski definition) is 0. The topological polar surface area (TPSA) is 43.3 Å². The fourth-order valence-electron chi connectivity index (χ4n) is 3.16. The molecule has 0 amide bonds. The first-order valence-corrected chi connectivity index (χ1v) is 10.5. The number of ether oxygens (including phenoxy) is 3. The summed E-state index contributed by atoms with van der Waals surface area (Å²) in [4.78, 5) is 6.37. The number of methoxy groups -OCH3 is 2. The molecule has 0 saturated heterocycles. The van der Waals surface area contributed by atoms with Crippen LogP contribution in [-0.2, 0) is 4.74 Å². The summed E-state index contributed by atoms with van der Waals surface area (Å²) in [6, 6.07) is 20.4. The monoisotopic (exact) mass is 472 g/mol. The Morgan fingerprint density at radius 3 is 2.06 bits per heavy atom. The zero-order chi connectivity index (χ0) is 22.0. The highest BCUT2D eigenvalue weighted by Crippen LogP contribution is 2.35. The standard InChI is InChI=1S/C23H18Cl2N2O3S/c1-28-17-8-3-14(4-9-17)22-27(16-6-10-18(29-2)11-7-16)23(31)26-21(30-22)15-5-12-19(24)20(25)13-15/h3-13,22H,1-2H3. The van der Waals surface area contributed by atoms with E-state index in [4.69, 9.17) is 49.6 Å². The summed E-state index contributed by atoms with van der Waals surface area (Å²) < 4.78 is 16.9. The number of thiocarbonyl (C=S) groups is 1. The molecule has 1 heterocycles. The van der Waals surface area contributed by atoms with Gasteiger partial charge in [-0.25, -0.2) is 0 Å². The highest BCUT2D eigenvalue weighted by Gasteiger charge is 2.32. The van der Waals surface area contributed by atoms with Gasteiger partial charge in [-0.2, -0.15) is 4.99 Å². The van der Waals surface area contributed by atoms with E-state index in [1.165, 1.54) is 0 Å². The molecular formula is C23H18Cl2N2O3S. The van der Waals surface area contributed by atoms with E-state index < -0.39 is 6.23 Å². The molecule has 0 saturated carbocycles. The molecule has 4 rings (SSSR count). The molecule has 1 unspecified atom stereocenters. The van der Waals surface area contributed by atoms with Gasteiger partial charge in [-0.3, -0.25) is 4.90 Å². The molecule has 0 N–H and O–H groups in total. The van der Waals surface area contributed by atoms with Crippen molar-refractivity contribution < 1.29 is 14.2 Å². The van der Waals surface area contributed by atoms with E-state index in [2.05, 4.69) is 4.99 Å². The summed E-state index contributed by atoms with van der Waals surface area (Å²) in [5.41, 5.74) is 2.39. The molecule has 158 valence electrons. The van der Waals surface area contributed by atoms with Gasteiger partial charge in [-0.1, -0.05) is 23.2 Å². The smallest absolute Gasteiger partial charge is 0.225 e. The van der Waals surface area contributed by atoms with E-state index in [0.717, 1.165) is 22.7 Å². The summed E-state index contributed by atoms with van der Waals surface area (Å²) in [5.74, 6) is 1.86. The van der Waals surface area contributed by atoms with Gasteiger partial charge in [0.15, 0.2) is 0 Å². The highest BCUT2D eigenvalue weighted by molar-refractivity contribution is 7.80. The second-order valence-corrected chi connectivity index (χ2v) is 7.82. The van der Waals surface area contributed by atoms with Crippen LogP contribution in [0.1, 0.15) is 17.4 Å². The van der Waals surface area contributed by atoms with Gasteiger partial charge in [0.25, 0.3) is 0 Å². The van der Waals surface area contributed by atoms with Crippen LogP contribution in [0.25, 0.3) is 0 Å². The lowest BCUT2D eigenvalue weighted by molar-refractivity contribution is 0.196. The number of benzene rings is 3. The van der Waals surface area contributed by atoms with Crippen molar-refractivity contribution in [3.63, 3.8) is 0 Å². The third-order valence-corrected chi connectivity index (χ3v) is 5.81. The lowest BCUT2D eigenvalue weighted by atomic mass is 10.1. The van der Waals surface area contributed by atoms with E-state index in [0.29, 0.717) is 26.6 Å². The average molecular weight is 473 g/mol. The molecule has 1 aliphatic rings. The first-order valence-electron chi connectivity index (χ1n) is 9.32. The van der Waals surface area contributed by atoms with E-state index in [-0.39, 0.29) is 0 Å². The van der Waals surface area contributed by atoms with Crippen molar-refractivity contribution in [1.82, 2.24) is 0 Å². The molecular weight excluding hydrogens is 455 g/mol. The van der Waals surface area contributed by atoms with Crippen LogP contribution in [0.4, 0.5) is 5.69 Å². The largest absolute Gasteiger partial charge is 0.497 e. The van der Waals surface area contributed by atoms with E-state index >= 15 is 0 Å². The second kappa shape index (κ2) is 9.14. The molecule has 0 aromatic heterocycles. The summed E-state index contributed by atoms with van der Waals surface area (Å²) in [6.45, 7) is 0. The Bertz CT molecular complexity index is 1130. The van der Waals surface area contributed by atoms with Crippen molar-refractivity contribution >= 4 is 52.1 Å². The van der Waals surface area contributed by atoms with E-state index in [9.17, 15) is 0 Å².